The van der Waals surface area contributed by atoms with Crippen molar-refractivity contribution in [2.45, 2.75) is 32.1 Å². The van der Waals surface area contributed by atoms with E-state index in [1.807, 2.05) is 43.5 Å². The van der Waals surface area contributed by atoms with Crippen molar-refractivity contribution >= 4 is 27.3 Å². The first kappa shape index (κ1) is 17.1. The Bertz CT molecular complexity index is 639. The maximum atomic E-state index is 9.57. The lowest BCUT2D eigenvalue weighted by Crippen LogP contribution is -2.32. The summed E-state index contributed by atoms with van der Waals surface area (Å²) in [5.41, 5.74) is 1.56. The van der Waals surface area contributed by atoms with Gasteiger partial charge in [-0.15, -0.1) is 11.3 Å². The molecule has 0 N–H and O–H groups in total. The van der Waals surface area contributed by atoms with Crippen molar-refractivity contribution < 1.29 is 4.74 Å². The SMILES string of the molecule is CC.N#CC1(c2nc(-c3ccc(Br)cc3)cs2)CCOCC1. The molecule has 1 saturated heterocycles. The van der Waals surface area contributed by atoms with E-state index in [0.717, 1.165) is 33.6 Å². The van der Waals surface area contributed by atoms with Crippen LogP contribution in [-0.2, 0) is 10.2 Å². The van der Waals surface area contributed by atoms with Gasteiger partial charge in [-0.2, -0.15) is 5.26 Å². The van der Waals surface area contributed by atoms with E-state index in [4.69, 9.17) is 9.72 Å². The van der Waals surface area contributed by atoms with Crippen molar-refractivity contribution in [3.8, 4) is 17.3 Å². The van der Waals surface area contributed by atoms with E-state index < -0.39 is 5.41 Å². The minimum Gasteiger partial charge on any atom is -0.381 e. The van der Waals surface area contributed by atoms with Crippen LogP contribution in [0.25, 0.3) is 11.3 Å². The van der Waals surface area contributed by atoms with Gasteiger partial charge < -0.3 is 4.74 Å². The van der Waals surface area contributed by atoms with Gasteiger partial charge in [-0.3, -0.25) is 0 Å². The lowest BCUT2D eigenvalue weighted by atomic mass is 9.82. The van der Waals surface area contributed by atoms with E-state index in [1.165, 1.54) is 0 Å². The number of halogens is 1. The van der Waals surface area contributed by atoms with Gasteiger partial charge in [0, 0.05) is 28.6 Å². The quantitative estimate of drug-likeness (QED) is 0.723. The molecule has 1 aromatic carbocycles. The summed E-state index contributed by atoms with van der Waals surface area (Å²) in [7, 11) is 0. The largest absolute Gasteiger partial charge is 0.381 e. The molecule has 0 amide bonds. The van der Waals surface area contributed by atoms with E-state index in [2.05, 4.69) is 22.0 Å². The Labute approximate surface area is 144 Å². The Hall–Kier alpha value is -1.22. The van der Waals surface area contributed by atoms with Gasteiger partial charge in [0.15, 0.2) is 0 Å². The normalized spacial score (nSPS) is 16.3. The molecule has 1 aromatic heterocycles. The highest BCUT2D eigenvalue weighted by molar-refractivity contribution is 9.10. The zero-order chi connectivity index (χ0) is 16.0. The Kier molecular flexibility index (Phi) is 6.13. The summed E-state index contributed by atoms with van der Waals surface area (Å²) < 4.78 is 6.42. The Morgan fingerprint density at radius 2 is 1.86 bits per heavy atom. The first-order valence-corrected chi connectivity index (χ1v) is 9.12. The highest BCUT2D eigenvalue weighted by atomic mass is 79.9. The number of hydrogen-bond donors (Lipinski definition) is 0. The summed E-state index contributed by atoms with van der Waals surface area (Å²) >= 11 is 5.01. The van der Waals surface area contributed by atoms with Crippen LogP contribution in [-0.4, -0.2) is 18.2 Å². The first-order chi connectivity index (χ1) is 10.7. The number of benzene rings is 1. The molecule has 0 spiro atoms. The minimum atomic E-state index is -0.462. The van der Waals surface area contributed by atoms with Gasteiger partial charge in [-0.1, -0.05) is 41.9 Å². The summed E-state index contributed by atoms with van der Waals surface area (Å²) in [6, 6.07) is 10.5. The number of nitriles is 1. The number of nitrogens with zero attached hydrogens (tertiary/aromatic N) is 2. The average molecular weight is 379 g/mol. The molecule has 22 heavy (non-hydrogen) atoms. The lowest BCUT2D eigenvalue weighted by molar-refractivity contribution is 0.0675. The summed E-state index contributed by atoms with van der Waals surface area (Å²) in [4.78, 5) is 4.70. The standard InChI is InChI=1S/C15H13BrN2OS.C2H6/c16-12-3-1-11(2-4-12)13-9-20-14(18-13)15(10-17)5-7-19-8-6-15;1-2/h1-4,9H,5-8H2;1-2H3. The van der Waals surface area contributed by atoms with Crippen LogP contribution < -0.4 is 0 Å². The van der Waals surface area contributed by atoms with E-state index in [-0.39, 0.29) is 0 Å². The first-order valence-electron chi connectivity index (χ1n) is 7.44. The molecule has 1 aliphatic heterocycles. The molecule has 0 aliphatic carbocycles. The van der Waals surface area contributed by atoms with Gasteiger partial charge in [-0.25, -0.2) is 4.98 Å². The fourth-order valence-corrected chi connectivity index (χ4v) is 3.64. The lowest BCUT2D eigenvalue weighted by Gasteiger charge is -2.28. The molecular formula is C17H19BrN2OS. The van der Waals surface area contributed by atoms with Gasteiger partial charge >= 0.3 is 0 Å². The van der Waals surface area contributed by atoms with Gasteiger partial charge in [0.05, 0.1) is 11.8 Å². The monoisotopic (exact) mass is 378 g/mol. The average Bonchev–Trinajstić information content (AvgIpc) is 3.08. The third-order valence-electron chi connectivity index (χ3n) is 3.61. The van der Waals surface area contributed by atoms with E-state index in [0.29, 0.717) is 13.2 Å². The summed E-state index contributed by atoms with van der Waals surface area (Å²) in [6.45, 7) is 5.28. The molecule has 0 atom stereocenters. The zero-order valence-electron chi connectivity index (χ0n) is 12.8. The Morgan fingerprint density at radius 1 is 1.23 bits per heavy atom. The maximum Gasteiger partial charge on any atom is 0.114 e. The van der Waals surface area contributed by atoms with Gasteiger partial charge in [0.1, 0.15) is 10.4 Å². The predicted octanol–water partition coefficient (Wildman–Crippen LogP) is 5.17. The summed E-state index contributed by atoms with van der Waals surface area (Å²) in [6.07, 6.45) is 1.47. The molecule has 116 valence electrons. The molecule has 0 saturated carbocycles. The Balaban J connectivity index is 0.000000847. The van der Waals surface area contributed by atoms with E-state index in [9.17, 15) is 5.26 Å². The van der Waals surface area contributed by atoms with Gasteiger partial charge in [0.25, 0.3) is 0 Å². The molecule has 0 unspecified atom stereocenters. The molecule has 3 nitrogen and oxygen atoms in total. The van der Waals surface area contributed by atoms with Crippen molar-refractivity contribution in [1.82, 2.24) is 4.98 Å². The van der Waals surface area contributed by atoms with Gasteiger partial charge in [0.2, 0.25) is 0 Å². The number of aromatic nitrogens is 1. The number of ether oxygens (including phenoxy) is 1. The molecule has 0 bridgehead atoms. The fourth-order valence-electron chi connectivity index (χ4n) is 2.34. The van der Waals surface area contributed by atoms with Crippen molar-refractivity contribution in [3.05, 3.63) is 39.1 Å². The maximum absolute atomic E-state index is 9.57. The van der Waals surface area contributed by atoms with Crippen molar-refractivity contribution in [2.24, 2.45) is 0 Å². The van der Waals surface area contributed by atoms with Crippen LogP contribution in [0.3, 0.4) is 0 Å². The molecule has 0 radical (unpaired) electrons. The van der Waals surface area contributed by atoms with Crippen molar-refractivity contribution in [1.29, 1.82) is 5.26 Å². The second kappa shape index (κ2) is 7.87. The molecule has 5 heteroatoms. The Morgan fingerprint density at radius 3 is 2.45 bits per heavy atom. The topological polar surface area (TPSA) is 45.9 Å². The number of rotatable bonds is 2. The molecule has 1 aliphatic rings. The van der Waals surface area contributed by atoms with Crippen LogP contribution in [0.5, 0.6) is 0 Å². The summed E-state index contributed by atoms with van der Waals surface area (Å²) in [5.74, 6) is 0. The minimum absolute atomic E-state index is 0.462. The second-order valence-corrected chi connectivity index (χ2v) is 6.62. The van der Waals surface area contributed by atoms with Crippen LogP contribution >= 0.6 is 27.3 Å². The highest BCUT2D eigenvalue weighted by Gasteiger charge is 2.37. The third-order valence-corrected chi connectivity index (χ3v) is 5.19. The van der Waals surface area contributed by atoms with Crippen molar-refractivity contribution in [3.63, 3.8) is 0 Å². The molecule has 2 aromatic rings. The second-order valence-electron chi connectivity index (χ2n) is 4.85. The fraction of sp³-hybridized carbons (Fsp3) is 0.412. The smallest absolute Gasteiger partial charge is 0.114 e. The van der Waals surface area contributed by atoms with Crippen LogP contribution in [0.2, 0.25) is 0 Å². The molecule has 1 fully saturated rings. The van der Waals surface area contributed by atoms with E-state index >= 15 is 0 Å². The van der Waals surface area contributed by atoms with E-state index in [1.54, 1.807) is 11.3 Å². The summed E-state index contributed by atoms with van der Waals surface area (Å²) in [5, 5.41) is 12.5. The van der Waals surface area contributed by atoms with Crippen LogP contribution in [0, 0.1) is 11.3 Å². The van der Waals surface area contributed by atoms with Crippen molar-refractivity contribution in [2.75, 3.05) is 13.2 Å². The molecule has 3 rings (SSSR count). The predicted molar refractivity (Wildman–Crippen MR) is 93.9 cm³/mol. The zero-order valence-corrected chi connectivity index (χ0v) is 15.2. The molecular weight excluding hydrogens is 360 g/mol. The highest BCUT2D eigenvalue weighted by Crippen LogP contribution is 2.37. The number of hydrogen-bond acceptors (Lipinski definition) is 4. The number of thiazole rings is 1. The molecule has 2 heterocycles. The van der Waals surface area contributed by atoms with Gasteiger partial charge in [-0.05, 0) is 25.0 Å². The van der Waals surface area contributed by atoms with Crippen LogP contribution in [0.4, 0.5) is 0 Å². The van der Waals surface area contributed by atoms with Crippen LogP contribution in [0.1, 0.15) is 31.7 Å². The third kappa shape index (κ3) is 3.57. The van der Waals surface area contributed by atoms with Crippen LogP contribution in [0.15, 0.2) is 34.1 Å².